The van der Waals surface area contributed by atoms with Crippen molar-refractivity contribution in [1.82, 2.24) is 0 Å². The van der Waals surface area contributed by atoms with Crippen LogP contribution in [0.5, 0.6) is 0 Å². The van der Waals surface area contributed by atoms with Gasteiger partial charge in [0, 0.05) is 6.61 Å². The first-order valence-electron chi connectivity index (χ1n) is 13.8. The first kappa shape index (κ1) is 22.5. The van der Waals surface area contributed by atoms with Gasteiger partial charge in [0.2, 0.25) is 0 Å². The number of hydrogen-bond donors (Lipinski definition) is 1. The Balaban J connectivity index is 1.55. The van der Waals surface area contributed by atoms with Gasteiger partial charge < -0.3 is 5.11 Å². The van der Waals surface area contributed by atoms with Gasteiger partial charge in [-0.25, -0.2) is 0 Å². The average Bonchev–Trinajstić information content (AvgIpc) is 3.08. The topological polar surface area (TPSA) is 20.2 Å². The number of aliphatic hydroxyl groups is 1. The first-order chi connectivity index (χ1) is 14.5. The van der Waals surface area contributed by atoms with E-state index in [1.807, 2.05) is 5.57 Å². The predicted molar refractivity (Wildman–Crippen MR) is 131 cm³/mol. The highest BCUT2D eigenvalue weighted by Gasteiger charge is 2.68. The van der Waals surface area contributed by atoms with E-state index >= 15 is 0 Å². The molecule has 0 amide bonds. The van der Waals surface area contributed by atoms with Gasteiger partial charge in [-0.2, -0.15) is 0 Å². The summed E-state index contributed by atoms with van der Waals surface area (Å²) in [6.45, 7) is 18.5. The Morgan fingerprint density at radius 3 is 2.26 bits per heavy atom. The number of hydrogen-bond acceptors (Lipinski definition) is 1. The summed E-state index contributed by atoms with van der Waals surface area (Å²) in [7, 11) is 0. The quantitative estimate of drug-likeness (QED) is 0.443. The Labute approximate surface area is 192 Å². The fourth-order valence-electron chi connectivity index (χ4n) is 11.3. The molecule has 0 aromatic carbocycles. The Bertz CT molecular complexity index is 766. The molecule has 4 fully saturated rings. The molecule has 0 bridgehead atoms. The third kappa shape index (κ3) is 2.65. The third-order valence-electron chi connectivity index (χ3n) is 13.2. The van der Waals surface area contributed by atoms with Crippen LogP contribution in [-0.4, -0.2) is 11.7 Å². The number of allylic oxidation sites excluding steroid dienone is 2. The molecule has 0 heterocycles. The van der Waals surface area contributed by atoms with Crippen LogP contribution in [0.3, 0.4) is 0 Å². The molecule has 0 aliphatic heterocycles. The molecule has 1 nitrogen and oxygen atoms in total. The van der Waals surface area contributed by atoms with E-state index in [2.05, 4.69) is 54.5 Å². The van der Waals surface area contributed by atoms with Crippen molar-refractivity contribution in [3.05, 3.63) is 11.6 Å². The van der Waals surface area contributed by atoms with Gasteiger partial charge in [-0.05, 0) is 114 Å². The molecule has 176 valence electrons. The molecular formula is C30H50O. The Morgan fingerprint density at radius 2 is 1.58 bits per heavy atom. The van der Waals surface area contributed by atoms with E-state index in [-0.39, 0.29) is 5.41 Å². The maximum absolute atomic E-state index is 10.4. The normalized spacial score (nSPS) is 56.4. The smallest absolute Gasteiger partial charge is 0.0487 e. The molecule has 31 heavy (non-hydrogen) atoms. The fourth-order valence-corrected chi connectivity index (χ4v) is 11.3. The first-order valence-corrected chi connectivity index (χ1v) is 13.8. The van der Waals surface area contributed by atoms with Gasteiger partial charge >= 0.3 is 0 Å². The maximum atomic E-state index is 10.4. The Hall–Kier alpha value is -0.300. The molecule has 0 spiro atoms. The van der Waals surface area contributed by atoms with Gasteiger partial charge in [0.05, 0.1) is 0 Å². The zero-order valence-corrected chi connectivity index (χ0v) is 21.7. The maximum Gasteiger partial charge on any atom is 0.0487 e. The van der Waals surface area contributed by atoms with Crippen LogP contribution >= 0.6 is 0 Å². The van der Waals surface area contributed by atoms with E-state index in [9.17, 15) is 5.11 Å². The van der Waals surface area contributed by atoms with E-state index < -0.39 is 0 Å². The minimum Gasteiger partial charge on any atom is -0.396 e. The molecule has 1 N–H and O–H groups in total. The van der Waals surface area contributed by atoms with Crippen molar-refractivity contribution in [2.24, 2.45) is 56.7 Å². The van der Waals surface area contributed by atoms with Gasteiger partial charge in [-0.3, -0.25) is 0 Å². The summed E-state index contributed by atoms with van der Waals surface area (Å²) in [6, 6.07) is 0. The van der Waals surface area contributed by atoms with Crippen LogP contribution in [0.15, 0.2) is 11.6 Å². The minimum absolute atomic E-state index is 0.127. The number of aliphatic hydroxyl groups excluding tert-OH is 1. The summed E-state index contributed by atoms with van der Waals surface area (Å²) in [6.07, 6.45) is 16.4. The van der Waals surface area contributed by atoms with Gasteiger partial charge in [0.1, 0.15) is 0 Å². The number of rotatable bonds is 2. The lowest BCUT2D eigenvalue weighted by Gasteiger charge is -2.69. The molecular weight excluding hydrogens is 376 g/mol. The van der Waals surface area contributed by atoms with E-state index in [1.54, 1.807) is 0 Å². The molecule has 3 unspecified atom stereocenters. The van der Waals surface area contributed by atoms with Crippen molar-refractivity contribution in [2.45, 2.75) is 113 Å². The van der Waals surface area contributed by atoms with Crippen LogP contribution in [0.4, 0.5) is 0 Å². The zero-order valence-electron chi connectivity index (χ0n) is 21.7. The second kappa shape index (κ2) is 6.86. The monoisotopic (exact) mass is 426 g/mol. The molecule has 1 heteroatoms. The molecule has 9 atom stereocenters. The standard InChI is InChI=1S/C30H50O/c1-20(2)21-9-12-25-28(21,5)17-18-29(6)23-10-11-24-26(3,19-31)14-8-15-27(24,4)22(23)13-16-30(25,29)7/h13,20-21,23-25,31H,8-12,14-19H2,1-7H3/t21-,23?,24?,25?,26+,27-,28-,29-,30+/m1/s1. The summed E-state index contributed by atoms with van der Waals surface area (Å²) in [5.74, 6) is 4.08. The molecule has 0 radical (unpaired) electrons. The highest BCUT2D eigenvalue weighted by atomic mass is 16.3. The molecule has 0 aromatic heterocycles. The Kier molecular flexibility index (Phi) is 4.98. The van der Waals surface area contributed by atoms with Crippen molar-refractivity contribution in [3.8, 4) is 0 Å². The van der Waals surface area contributed by atoms with Crippen LogP contribution in [-0.2, 0) is 0 Å². The van der Waals surface area contributed by atoms with Crippen molar-refractivity contribution in [1.29, 1.82) is 0 Å². The highest BCUT2D eigenvalue weighted by molar-refractivity contribution is 5.33. The lowest BCUT2D eigenvalue weighted by atomic mass is 9.36. The summed E-state index contributed by atoms with van der Waals surface area (Å²) >= 11 is 0. The van der Waals surface area contributed by atoms with Crippen LogP contribution in [0.1, 0.15) is 113 Å². The van der Waals surface area contributed by atoms with E-state index in [1.165, 1.54) is 64.2 Å². The fraction of sp³-hybridized carbons (Fsp3) is 0.933. The van der Waals surface area contributed by atoms with Crippen molar-refractivity contribution < 1.29 is 5.11 Å². The van der Waals surface area contributed by atoms with E-state index in [4.69, 9.17) is 0 Å². The number of fused-ring (bicyclic) bond motifs is 7. The van der Waals surface area contributed by atoms with Crippen LogP contribution in [0, 0.1) is 56.7 Å². The second-order valence-electron chi connectivity index (χ2n) is 14.5. The Morgan fingerprint density at radius 1 is 0.871 bits per heavy atom. The van der Waals surface area contributed by atoms with Crippen molar-refractivity contribution in [3.63, 3.8) is 0 Å². The lowest BCUT2D eigenvalue weighted by molar-refractivity contribution is -0.159. The van der Waals surface area contributed by atoms with Crippen LogP contribution < -0.4 is 0 Å². The van der Waals surface area contributed by atoms with Gasteiger partial charge in [0.15, 0.2) is 0 Å². The largest absolute Gasteiger partial charge is 0.396 e. The van der Waals surface area contributed by atoms with Crippen LogP contribution in [0.2, 0.25) is 0 Å². The molecule has 4 saturated carbocycles. The summed E-state index contributed by atoms with van der Waals surface area (Å²) < 4.78 is 0. The summed E-state index contributed by atoms with van der Waals surface area (Å²) in [5, 5.41) is 10.4. The zero-order chi connectivity index (χ0) is 22.4. The van der Waals surface area contributed by atoms with Crippen LogP contribution in [0.25, 0.3) is 0 Å². The summed E-state index contributed by atoms with van der Waals surface area (Å²) in [5.41, 5.74) is 3.74. The third-order valence-corrected chi connectivity index (χ3v) is 13.2. The highest BCUT2D eigenvalue weighted by Crippen LogP contribution is 2.76. The van der Waals surface area contributed by atoms with Gasteiger partial charge in [-0.15, -0.1) is 0 Å². The molecule has 5 aliphatic rings. The van der Waals surface area contributed by atoms with Crippen molar-refractivity contribution >= 4 is 0 Å². The summed E-state index contributed by atoms with van der Waals surface area (Å²) in [4.78, 5) is 0. The second-order valence-corrected chi connectivity index (χ2v) is 14.5. The average molecular weight is 427 g/mol. The molecule has 0 saturated heterocycles. The van der Waals surface area contributed by atoms with Gasteiger partial charge in [-0.1, -0.05) is 66.5 Å². The lowest BCUT2D eigenvalue weighted by Crippen LogP contribution is -2.61. The van der Waals surface area contributed by atoms with E-state index in [0.717, 1.165) is 23.7 Å². The molecule has 5 aliphatic carbocycles. The SMILES string of the molecule is CC(C)[C@H]1CCC2[C@]1(C)CC[C@]1(C)C3CCC4[C@](C)(CO)CCC[C@]4(C)C3=CC[C@@]21C. The predicted octanol–water partition coefficient (Wildman–Crippen LogP) is 8.03. The molecule has 5 rings (SSSR count). The minimum atomic E-state index is 0.127. The van der Waals surface area contributed by atoms with Gasteiger partial charge in [0.25, 0.3) is 0 Å². The molecule has 0 aromatic rings. The van der Waals surface area contributed by atoms with Crippen molar-refractivity contribution in [2.75, 3.05) is 6.61 Å². The van der Waals surface area contributed by atoms with E-state index in [0.29, 0.717) is 34.2 Å².